The molecular weight excluding hydrogens is 118 g/mol. The number of hydrogen-bond donors (Lipinski definition) is 3. The predicted octanol–water partition coefficient (Wildman–Crippen LogP) is -0.912. The lowest BCUT2D eigenvalue weighted by molar-refractivity contribution is 0.0327. The number of aliphatic hydroxyl groups excluding tert-OH is 2. The second kappa shape index (κ2) is 2.25. The van der Waals surface area contributed by atoms with Crippen LogP contribution in [0.4, 0.5) is 0 Å². The summed E-state index contributed by atoms with van der Waals surface area (Å²) in [7, 11) is 0. The van der Waals surface area contributed by atoms with E-state index in [0.717, 1.165) is 0 Å². The molecule has 1 saturated heterocycles. The number of nitrogens with one attached hydrogen (secondary N) is 1. The van der Waals surface area contributed by atoms with E-state index in [4.69, 9.17) is 10.2 Å². The van der Waals surface area contributed by atoms with Gasteiger partial charge in [-0.05, 0) is 13.8 Å². The highest BCUT2D eigenvalue weighted by atomic mass is 16.3. The van der Waals surface area contributed by atoms with Gasteiger partial charge >= 0.3 is 0 Å². The highest BCUT2D eigenvalue weighted by molar-refractivity contribution is 4.93. The van der Waals surface area contributed by atoms with Crippen LogP contribution < -0.4 is 5.32 Å². The van der Waals surface area contributed by atoms with Crippen LogP contribution in [0.15, 0.2) is 0 Å². The zero-order valence-corrected chi connectivity index (χ0v) is 5.70. The SMILES string of the molecule is CC1NC(C)C(O)C1O. The van der Waals surface area contributed by atoms with Gasteiger partial charge in [-0.1, -0.05) is 0 Å². The minimum absolute atomic E-state index is 0.0231. The molecule has 0 bridgehead atoms. The summed E-state index contributed by atoms with van der Waals surface area (Å²) in [5.74, 6) is 0. The van der Waals surface area contributed by atoms with Gasteiger partial charge in [-0.3, -0.25) is 0 Å². The van der Waals surface area contributed by atoms with Crippen molar-refractivity contribution in [3.63, 3.8) is 0 Å². The van der Waals surface area contributed by atoms with Crippen LogP contribution in [0, 0.1) is 0 Å². The fraction of sp³-hybridized carbons (Fsp3) is 1.00. The molecule has 0 saturated carbocycles. The van der Waals surface area contributed by atoms with Crippen molar-refractivity contribution in [3.05, 3.63) is 0 Å². The summed E-state index contributed by atoms with van der Waals surface area (Å²) in [6, 6.07) is 0.0463. The van der Waals surface area contributed by atoms with E-state index in [9.17, 15) is 0 Å². The molecule has 3 nitrogen and oxygen atoms in total. The summed E-state index contributed by atoms with van der Waals surface area (Å²) >= 11 is 0. The third kappa shape index (κ3) is 1.08. The molecule has 3 heteroatoms. The summed E-state index contributed by atoms with van der Waals surface area (Å²) < 4.78 is 0. The maximum Gasteiger partial charge on any atom is 0.0964 e. The van der Waals surface area contributed by atoms with Crippen LogP contribution in [-0.4, -0.2) is 34.5 Å². The van der Waals surface area contributed by atoms with Gasteiger partial charge in [0.25, 0.3) is 0 Å². The van der Waals surface area contributed by atoms with Crippen molar-refractivity contribution in [2.24, 2.45) is 0 Å². The van der Waals surface area contributed by atoms with Crippen molar-refractivity contribution in [3.8, 4) is 0 Å². The normalized spacial score (nSPS) is 52.0. The van der Waals surface area contributed by atoms with Crippen molar-refractivity contribution in [1.29, 1.82) is 0 Å². The third-order valence-corrected chi connectivity index (χ3v) is 1.90. The van der Waals surface area contributed by atoms with Gasteiger partial charge in [0.2, 0.25) is 0 Å². The molecule has 1 fully saturated rings. The first-order valence-electron chi connectivity index (χ1n) is 3.25. The summed E-state index contributed by atoms with van der Waals surface area (Å²) in [5, 5.41) is 21.3. The Morgan fingerprint density at radius 3 is 1.44 bits per heavy atom. The van der Waals surface area contributed by atoms with Crippen molar-refractivity contribution in [1.82, 2.24) is 5.32 Å². The maximum absolute atomic E-state index is 9.12. The van der Waals surface area contributed by atoms with Gasteiger partial charge in [0.15, 0.2) is 0 Å². The van der Waals surface area contributed by atoms with E-state index < -0.39 is 12.2 Å². The van der Waals surface area contributed by atoms with Crippen LogP contribution in [-0.2, 0) is 0 Å². The molecule has 3 N–H and O–H groups in total. The van der Waals surface area contributed by atoms with E-state index in [2.05, 4.69) is 5.32 Å². The molecule has 1 aliphatic heterocycles. The van der Waals surface area contributed by atoms with Gasteiger partial charge in [0.05, 0.1) is 12.2 Å². The molecule has 0 radical (unpaired) electrons. The molecule has 4 unspecified atom stereocenters. The highest BCUT2D eigenvalue weighted by Crippen LogP contribution is 2.12. The first kappa shape index (κ1) is 6.99. The van der Waals surface area contributed by atoms with E-state index in [1.807, 2.05) is 13.8 Å². The summed E-state index contributed by atoms with van der Waals surface area (Å²) in [4.78, 5) is 0. The smallest absolute Gasteiger partial charge is 0.0964 e. The standard InChI is InChI=1S/C6H13NO2/c1-3-5(8)6(9)4(2)7-3/h3-9H,1-2H3. The average molecular weight is 131 g/mol. The van der Waals surface area contributed by atoms with E-state index in [1.165, 1.54) is 0 Å². The fourth-order valence-corrected chi connectivity index (χ4v) is 1.20. The van der Waals surface area contributed by atoms with Crippen LogP contribution in [0.25, 0.3) is 0 Å². The monoisotopic (exact) mass is 131 g/mol. The second-order valence-corrected chi connectivity index (χ2v) is 2.73. The van der Waals surface area contributed by atoms with E-state index in [-0.39, 0.29) is 12.1 Å². The van der Waals surface area contributed by atoms with Crippen LogP contribution in [0.1, 0.15) is 13.8 Å². The fourth-order valence-electron chi connectivity index (χ4n) is 1.20. The van der Waals surface area contributed by atoms with Crippen LogP contribution in [0.5, 0.6) is 0 Å². The highest BCUT2D eigenvalue weighted by Gasteiger charge is 2.35. The first-order valence-corrected chi connectivity index (χ1v) is 3.25. The van der Waals surface area contributed by atoms with Crippen LogP contribution >= 0.6 is 0 Å². The van der Waals surface area contributed by atoms with E-state index in [0.29, 0.717) is 0 Å². The molecule has 1 rings (SSSR count). The molecule has 0 spiro atoms. The summed E-state index contributed by atoms with van der Waals surface area (Å²) in [6.07, 6.45) is -1.19. The van der Waals surface area contributed by atoms with Gasteiger partial charge in [-0.2, -0.15) is 0 Å². The minimum Gasteiger partial charge on any atom is -0.389 e. The maximum atomic E-state index is 9.12. The Balaban J connectivity index is 2.54. The first-order chi connectivity index (χ1) is 4.13. The predicted molar refractivity (Wildman–Crippen MR) is 34.1 cm³/mol. The van der Waals surface area contributed by atoms with Gasteiger partial charge < -0.3 is 15.5 Å². The number of rotatable bonds is 0. The molecule has 0 aromatic carbocycles. The lowest BCUT2D eigenvalue weighted by Gasteiger charge is -2.10. The van der Waals surface area contributed by atoms with Crippen molar-refractivity contribution in [2.75, 3.05) is 0 Å². The molecule has 0 aromatic rings. The largest absolute Gasteiger partial charge is 0.389 e. The number of hydrogen-bond acceptors (Lipinski definition) is 3. The van der Waals surface area contributed by atoms with Gasteiger partial charge in [0.1, 0.15) is 0 Å². The molecule has 9 heavy (non-hydrogen) atoms. The Morgan fingerprint density at radius 2 is 1.33 bits per heavy atom. The quantitative estimate of drug-likeness (QED) is 0.399. The Hall–Kier alpha value is -0.120. The molecule has 4 atom stereocenters. The lowest BCUT2D eigenvalue weighted by atomic mass is 10.1. The Kier molecular flexibility index (Phi) is 1.75. The minimum atomic E-state index is -0.597. The molecular formula is C6H13NO2. The Labute approximate surface area is 54.7 Å². The van der Waals surface area contributed by atoms with Gasteiger partial charge in [-0.15, -0.1) is 0 Å². The van der Waals surface area contributed by atoms with Crippen molar-refractivity contribution >= 4 is 0 Å². The number of aliphatic hydroxyl groups is 2. The summed E-state index contributed by atoms with van der Waals surface area (Å²) in [6.45, 7) is 3.72. The Morgan fingerprint density at radius 1 is 1.00 bits per heavy atom. The van der Waals surface area contributed by atoms with Gasteiger partial charge in [0, 0.05) is 12.1 Å². The van der Waals surface area contributed by atoms with Crippen LogP contribution in [0.2, 0.25) is 0 Å². The molecule has 54 valence electrons. The van der Waals surface area contributed by atoms with E-state index >= 15 is 0 Å². The third-order valence-electron chi connectivity index (χ3n) is 1.90. The molecule has 1 aliphatic rings. The van der Waals surface area contributed by atoms with Crippen molar-refractivity contribution < 1.29 is 10.2 Å². The van der Waals surface area contributed by atoms with E-state index in [1.54, 1.807) is 0 Å². The molecule has 0 aromatic heterocycles. The second-order valence-electron chi connectivity index (χ2n) is 2.73. The molecule has 1 heterocycles. The van der Waals surface area contributed by atoms with Crippen LogP contribution in [0.3, 0.4) is 0 Å². The zero-order chi connectivity index (χ0) is 7.02. The Bertz CT molecular complexity index is 95.2. The molecule has 0 amide bonds. The average Bonchev–Trinajstić information content (AvgIpc) is 1.98. The zero-order valence-electron chi connectivity index (χ0n) is 5.70. The molecule has 0 aliphatic carbocycles. The summed E-state index contributed by atoms with van der Waals surface area (Å²) in [5.41, 5.74) is 0. The lowest BCUT2D eigenvalue weighted by Crippen LogP contribution is -2.30. The van der Waals surface area contributed by atoms with Crippen molar-refractivity contribution in [2.45, 2.75) is 38.1 Å². The topological polar surface area (TPSA) is 52.5 Å². The van der Waals surface area contributed by atoms with Gasteiger partial charge in [-0.25, -0.2) is 0 Å².